The van der Waals surface area contributed by atoms with E-state index in [-0.39, 0.29) is 17.5 Å². The van der Waals surface area contributed by atoms with Crippen LogP contribution in [-0.2, 0) is 17.4 Å². The van der Waals surface area contributed by atoms with E-state index < -0.39 is 34.8 Å². The lowest BCUT2D eigenvalue weighted by Gasteiger charge is -2.14. The van der Waals surface area contributed by atoms with Crippen molar-refractivity contribution in [1.29, 1.82) is 0 Å². The Morgan fingerprint density at radius 3 is 2.27 bits per heavy atom. The van der Waals surface area contributed by atoms with E-state index in [9.17, 15) is 26.7 Å². The Morgan fingerprint density at radius 1 is 1.05 bits per heavy atom. The van der Waals surface area contributed by atoms with Crippen LogP contribution in [0.1, 0.15) is 11.1 Å². The number of nitrogens with two attached hydrogens (primary N) is 1. The van der Waals surface area contributed by atoms with E-state index >= 15 is 0 Å². The average molecular weight is 315 g/mol. The lowest BCUT2D eigenvalue weighted by Crippen LogP contribution is -2.14. The van der Waals surface area contributed by atoms with E-state index in [0.717, 1.165) is 24.3 Å². The third-order valence-corrected chi connectivity index (χ3v) is 3.03. The molecule has 2 aromatic carbocycles. The first-order valence-corrected chi connectivity index (χ1v) is 6.13. The molecule has 0 aliphatic rings. The number of hydrogen-bond donors (Lipinski definition) is 1. The molecule has 2 aromatic rings. The molecule has 22 heavy (non-hydrogen) atoms. The van der Waals surface area contributed by atoms with Gasteiger partial charge >= 0.3 is 6.18 Å². The fraction of sp³-hybridized carbons (Fsp3) is 0.133. The lowest BCUT2D eigenvalue weighted by molar-refractivity contribution is -0.139. The van der Waals surface area contributed by atoms with Crippen LogP contribution in [-0.4, -0.2) is 5.91 Å². The molecule has 0 saturated carbocycles. The van der Waals surface area contributed by atoms with Crippen molar-refractivity contribution in [2.75, 3.05) is 0 Å². The van der Waals surface area contributed by atoms with Crippen molar-refractivity contribution in [2.24, 2.45) is 5.73 Å². The van der Waals surface area contributed by atoms with Crippen LogP contribution in [0.25, 0.3) is 11.1 Å². The smallest absolute Gasteiger partial charge is 0.369 e. The number of alkyl halides is 3. The summed E-state index contributed by atoms with van der Waals surface area (Å²) >= 11 is 0. The molecule has 0 aliphatic carbocycles. The van der Waals surface area contributed by atoms with Crippen LogP contribution in [0.5, 0.6) is 0 Å². The fourth-order valence-corrected chi connectivity index (χ4v) is 2.10. The van der Waals surface area contributed by atoms with Gasteiger partial charge in [0.25, 0.3) is 0 Å². The predicted molar refractivity (Wildman–Crippen MR) is 69.7 cm³/mol. The summed E-state index contributed by atoms with van der Waals surface area (Å²) in [5.41, 5.74) is 2.82. The van der Waals surface area contributed by atoms with Crippen LogP contribution in [0.3, 0.4) is 0 Å². The van der Waals surface area contributed by atoms with Gasteiger partial charge in [-0.15, -0.1) is 0 Å². The Balaban J connectivity index is 2.56. The van der Waals surface area contributed by atoms with Gasteiger partial charge in [-0.2, -0.15) is 13.2 Å². The molecular weight excluding hydrogens is 305 g/mol. The van der Waals surface area contributed by atoms with Crippen molar-refractivity contribution in [2.45, 2.75) is 12.6 Å². The summed E-state index contributed by atoms with van der Waals surface area (Å²) in [6.45, 7) is 0. The van der Waals surface area contributed by atoms with Gasteiger partial charge in [-0.1, -0.05) is 24.3 Å². The SMILES string of the molecule is NC(=O)Cc1ccc(-c2cccc(F)c2C(F)(F)F)cc1F. The Labute approximate surface area is 122 Å². The molecule has 116 valence electrons. The quantitative estimate of drug-likeness (QED) is 0.863. The maximum absolute atomic E-state index is 13.8. The molecule has 0 atom stereocenters. The zero-order valence-corrected chi connectivity index (χ0v) is 11.0. The van der Waals surface area contributed by atoms with Gasteiger partial charge in [-0.3, -0.25) is 4.79 Å². The highest BCUT2D eigenvalue weighted by atomic mass is 19.4. The topological polar surface area (TPSA) is 43.1 Å². The molecular formula is C15H10F5NO. The van der Waals surface area contributed by atoms with Gasteiger partial charge in [-0.05, 0) is 28.8 Å². The maximum Gasteiger partial charge on any atom is 0.419 e. The first-order chi connectivity index (χ1) is 10.2. The minimum atomic E-state index is -4.91. The number of carbonyl (C=O) groups excluding carboxylic acids is 1. The van der Waals surface area contributed by atoms with E-state index in [1.165, 1.54) is 6.07 Å². The zero-order valence-electron chi connectivity index (χ0n) is 11.0. The van der Waals surface area contributed by atoms with Crippen LogP contribution in [0, 0.1) is 11.6 Å². The molecule has 2 nitrogen and oxygen atoms in total. The number of amides is 1. The van der Waals surface area contributed by atoms with E-state index in [1.807, 2.05) is 0 Å². The molecule has 0 spiro atoms. The number of rotatable bonds is 3. The number of carbonyl (C=O) groups is 1. The Morgan fingerprint density at radius 2 is 1.73 bits per heavy atom. The molecule has 0 bridgehead atoms. The molecule has 0 fully saturated rings. The van der Waals surface area contributed by atoms with Crippen molar-refractivity contribution < 1.29 is 26.7 Å². The van der Waals surface area contributed by atoms with E-state index in [2.05, 4.69) is 0 Å². The summed E-state index contributed by atoms with van der Waals surface area (Å²) < 4.78 is 66.2. The largest absolute Gasteiger partial charge is 0.419 e. The molecule has 0 heterocycles. The summed E-state index contributed by atoms with van der Waals surface area (Å²) in [7, 11) is 0. The first kappa shape index (κ1) is 15.9. The lowest BCUT2D eigenvalue weighted by atomic mass is 9.97. The predicted octanol–water partition coefficient (Wildman–Crippen LogP) is 3.68. The summed E-state index contributed by atoms with van der Waals surface area (Å²) in [6.07, 6.45) is -5.29. The standard InChI is InChI=1S/C15H10F5NO/c16-11-3-1-2-10(14(11)15(18,19)20)8-4-5-9(7-13(21)22)12(17)6-8/h1-6H,7H2,(H2,21,22). The summed E-state index contributed by atoms with van der Waals surface area (Å²) in [5.74, 6) is -3.09. The van der Waals surface area contributed by atoms with Gasteiger partial charge in [0, 0.05) is 0 Å². The third-order valence-electron chi connectivity index (χ3n) is 3.03. The molecule has 7 heteroatoms. The normalized spacial score (nSPS) is 11.5. The minimum Gasteiger partial charge on any atom is -0.369 e. The molecule has 1 amide bonds. The molecule has 0 aliphatic heterocycles. The number of primary amides is 1. The minimum absolute atomic E-state index is 0.0405. The monoisotopic (exact) mass is 315 g/mol. The summed E-state index contributed by atoms with van der Waals surface area (Å²) in [4.78, 5) is 10.8. The van der Waals surface area contributed by atoms with Gasteiger partial charge in [0.15, 0.2) is 0 Å². The average Bonchev–Trinajstić information content (AvgIpc) is 2.39. The maximum atomic E-state index is 13.8. The first-order valence-electron chi connectivity index (χ1n) is 6.13. The Hall–Kier alpha value is -2.44. The molecule has 0 aromatic heterocycles. The van der Waals surface area contributed by atoms with E-state index in [0.29, 0.717) is 6.07 Å². The zero-order chi connectivity index (χ0) is 16.5. The van der Waals surface area contributed by atoms with Gasteiger partial charge in [0.1, 0.15) is 11.6 Å². The van der Waals surface area contributed by atoms with Gasteiger partial charge < -0.3 is 5.73 Å². The second-order valence-electron chi connectivity index (χ2n) is 4.61. The highest BCUT2D eigenvalue weighted by molar-refractivity contribution is 5.77. The molecule has 0 radical (unpaired) electrons. The Bertz CT molecular complexity index is 724. The second-order valence-corrected chi connectivity index (χ2v) is 4.61. The van der Waals surface area contributed by atoms with Gasteiger partial charge in [0.2, 0.25) is 5.91 Å². The number of halogens is 5. The van der Waals surface area contributed by atoms with E-state index in [1.54, 1.807) is 0 Å². The fourth-order valence-electron chi connectivity index (χ4n) is 2.10. The molecule has 2 N–H and O–H groups in total. The summed E-state index contributed by atoms with van der Waals surface area (Å²) in [6, 6.07) is 6.00. The highest BCUT2D eigenvalue weighted by Gasteiger charge is 2.37. The van der Waals surface area contributed by atoms with Crippen molar-refractivity contribution in [3.05, 3.63) is 59.2 Å². The van der Waals surface area contributed by atoms with Crippen LogP contribution >= 0.6 is 0 Å². The van der Waals surface area contributed by atoms with Crippen LogP contribution in [0.2, 0.25) is 0 Å². The van der Waals surface area contributed by atoms with Crippen LogP contribution in [0.15, 0.2) is 36.4 Å². The van der Waals surface area contributed by atoms with Gasteiger partial charge in [0.05, 0.1) is 12.0 Å². The van der Waals surface area contributed by atoms with Crippen molar-refractivity contribution >= 4 is 5.91 Å². The van der Waals surface area contributed by atoms with Crippen LogP contribution < -0.4 is 5.73 Å². The Kier molecular flexibility index (Phi) is 4.16. The van der Waals surface area contributed by atoms with Crippen LogP contribution in [0.4, 0.5) is 22.0 Å². The summed E-state index contributed by atoms with van der Waals surface area (Å²) in [5, 5.41) is 0. The van der Waals surface area contributed by atoms with Crippen molar-refractivity contribution in [1.82, 2.24) is 0 Å². The highest BCUT2D eigenvalue weighted by Crippen LogP contribution is 2.39. The van der Waals surface area contributed by atoms with Gasteiger partial charge in [-0.25, -0.2) is 8.78 Å². The van der Waals surface area contributed by atoms with Crippen molar-refractivity contribution in [3.63, 3.8) is 0 Å². The van der Waals surface area contributed by atoms with E-state index in [4.69, 9.17) is 5.73 Å². The number of hydrogen-bond acceptors (Lipinski definition) is 1. The molecule has 0 saturated heterocycles. The molecule has 2 rings (SSSR count). The van der Waals surface area contributed by atoms with Crippen molar-refractivity contribution in [3.8, 4) is 11.1 Å². The number of benzene rings is 2. The molecule has 0 unspecified atom stereocenters. The third kappa shape index (κ3) is 3.24. The second kappa shape index (κ2) is 5.75.